The number of para-hydroxylation sites is 1. The normalized spacial score (nSPS) is 9.44. The Labute approximate surface area is 92.0 Å². The van der Waals surface area contributed by atoms with Gasteiger partial charge in [0.15, 0.2) is 6.19 Å². The molecule has 0 aliphatic heterocycles. The van der Waals surface area contributed by atoms with Crippen molar-refractivity contribution in [3.63, 3.8) is 0 Å². The third-order valence-electron chi connectivity index (χ3n) is 2.07. The van der Waals surface area contributed by atoms with Crippen LogP contribution < -0.4 is 5.32 Å². The van der Waals surface area contributed by atoms with Crippen molar-refractivity contribution in [3.05, 3.63) is 48.5 Å². The molecule has 2 aromatic rings. The number of hydrogen-bond donors (Lipinski definition) is 1. The van der Waals surface area contributed by atoms with Crippen LogP contribution in [-0.4, -0.2) is 15.5 Å². The first-order valence-electron chi connectivity index (χ1n) is 4.60. The number of hydrogen-bond acceptors (Lipinski definition) is 3. The summed E-state index contributed by atoms with van der Waals surface area (Å²) >= 11 is 0. The first-order chi connectivity index (χ1) is 7.83. The topological polar surface area (TPSA) is 70.7 Å². The van der Waals surface area contributed by atoms with Crippen molar-refractivity contribution in [2.24, 2.45) is 0 Å². The number of nitrogens with zero attached hydrogens (tertiary/aromatic N) is 3. The summed E-state index contributed by atoms with van der Waals surface area (Å²) in [6.07, 6.45) is 4.54. The predicted molar refractivity (Wildman–Crippen MR) is 56.6 cm³/mol. The molecule has 1 aromatic carbocycles. The van der Waals surface area contributed by atoms with E-state index in [0.717, 1.165) is 5.69 Å². The van der Waals surface area contributed by atoms with Crippen LogP contribution in [0.25, 0.3) is 5.69 Å². The Morgan fingerprint density at radius 1 is 1.38 bits per heavy atom. The van der Waals surface area contributed by atoms with Crippen molar-refractivity contribution in [1.82, 2.24) is 14.9 Å². The van der Waals surface area contributed by atoms with Crippen molar-refractivity contribution >= 4 is 5.91 Å². The van der Waals surface area contributed by atoms with Crippen LogP contribution >= 0.6 is 0 Å². The van der Waals surface area contributed by atoms with Crippen molar-refractivity contribution in [3.8, 4) is 11.9 Å². The molecule has 16 heavy (non-hydrogen) atoms. The van der Waals surface area contributed by atoms with Gasteiger partial charge in [0.1, 0.15) is 5.69 Å². The Morgan fingerprint density at radius 3 is 2.81 bits per heavy atom. The number of amides is 1. The van der Waals surface area contributed by atoms with Crippen LogP contribution in [0.5, 0.6) is 0 Å². The SMILES string of the molecule is N#CNC(=O)c1cncn1-c1ccccc1. The molecule has 2 rings (SSSR count). The minimum atomic E-state index is -0.469. The second kappa shape index (κ2) is 4.28. The Hall–Kier alpha value is -2.61. The van der Waals surface area contributed by atoms with Crippen molar-refractivity contribution in [2.45, 2.75) is 0 Å². The molecule has 1 N–H and O–H groups in total. The fourth-order valence-corrected chi connectivity index (χ4v) is 1.37. The summed E-state index contributed by atoms with van der Waals surface area (Å²) in [5.74, 6) is -0.469. The number of imidazole rings is 1. The molecule has 5 heteroatoms. The standard InChI is InChI=1S/C11H8N4O/c12-7-14-11(16)10-6-13-8-15(10)9-4-2-1-3-5-9/h1-6,8H,(H,14,16). The zero-order chi connectivity index (χ0) is 11.4. The van der Waals surface area contributed by atoms with Gasteiger partial charge in [0.2, 0.25) is 0 Å². The van der Waals surface area contributed by atoms with Crippen LogP contribution in [0.2, 0.25) is 0 Å². The van der Waals surface area contributed by atoms with Crippen LogP contribution in [0.3, 0.4) is 0 Å². The highest BCUT2D eigenvalue weighted by atomic mass is 16.1. The summed E-state index contributed by atoms with van der Waals surface area (Å²) in [4.78, 5) is 15.4. The van der Waals surface area contributed by atoms with Gasteiger partial charge in [-0.2, -0.15) is 5.26 Å². The first kappa shape index (κ1) is 9.93. The maximum Gasteiger partial charge on any atom is 0.282 e. The second-order valence-corrected chi connectivity index (χ2v) is 3.05. The van der Waals surface area contributed by atoms with Gasteiger partial charge in [-0.1, -0.05) is 18.2 Å². The molecule has 1 aromatic heterocycles. The molecular formula is C11H8N4O. The van der Waals surface area contributed by atoms with Crippen LogP contribution in [0.15, 0.2) is 42.9 Å². The molecule has 0 radical (unpaired) electrons. The zero-order valence-corrected chi connectivity index (χ0v) is 8.29. The molecule has 0 bridgehead atoms. The summed E-state index contributed by atoms with van der Waals surface area (Å²) in [5, 5.41) is 10.4. The number of nitriles is 1. The lowest BCUT2D eigenvalue weighted by molar-refractivity contribution is 0.0966. The summed E-state index contributed by atoms with van der Waals surface area (Å²) in [6, 6.07) is 9.31. The minimum Gasteiger partial charge on any atom is -0.295 e. The van der Waals surface area contributed by atoms with Gasteiger partial charge >= 0.3 is 0 Å². The van der Waals surface area contributed by atoms with Crippen LogP contribution in [-0.2, 0) is 0 Å². The molecule has 0 atom stereocenters. The summed E-state index contributed by atoms with van der Waals surface area (Å²) in [6.45, 7) is 0. The van der Waals surface area contributed by atoms with E-state index in [-0.39, 0.29) is 0 Å². The maximum atomic E-state index is 11.5. The molecule has 5 nitrogen and oxygen atoms in total. The average Bonchev–Trinajstić information content (AvgIpc) is 2.79. The Morgan fingerprint density at radius 2 is 2.12 bits per heavy atom. The lowest BCUT2D eigenvalue weighted by Crippen LogP contribution is -2.20. The number of carbonyl (C=O) groups is 1. The highest BCUT2D eigenvalue weighted by molar-refractivity contribution is 5.93. The van der Waals surface area contributed by atoms with Gasteiger partial charge in [0.25, 0.3) is 5.91 Å². The van der Waals surface area contributed by atoms with E-state index in [1.165, 1.54) is 12.5 Å². The van der Waals surface area contributed by atoms with Gasteiger partial charge in [0, 0.05) is 5.69 Å². The van der Waals surface area contributed by atoms with Crippen LogP contribution in [0.4, 0.5) is 0 Å². The van der Waals surface area contributed by atoms with E-state index < -0.39 is 5.91 Å². The van der Waals surface area contributed by atoms with E-state index in [1.807, 2.05) is 30.3 Å². The van der Waals surface area contributed by atoms with E-state index in [1.54, 1.807) is 10.8 Å². The molecule has 0 spiro atoms. The third-order valence-corrected chi connectivity index (χ3v) is 2.07. The van der Waals surface area contributed by atoms with Gasteiger partial charge in [-0.15, -0.1) is 0 Å². The molecular weight excluding hydrogens is 204 g/mol. The van der Waals surface area contributed by atoms with Crippen molar-refractivity contribution in [2.75, 3.05) is 0 Å². The van der Waals surface area contributed by atoms with E-state index in [2.05, 4.69) is 10.3 Å². The summed E-state index contributed by atoms with van der Waals surface area (Å²) < 4.78 is 1.62. The quantitative estimate of drug-likeness (QED) is 0.598. The summed E-state index contributed by atoms with van der Waals surface area (Å²) in [5.41, 5.74) is 1.15. The third kappa shape index (κ3) is 1.77. The maximum absolute atomic E-state index is 11.5. The fourth-order valence-electron chi connectivity index (χ4n) is 1.37. The molecule has 0 saturated carbocycles. The average molecular weight is 212 g/mol. The minimum absolute atomic E-state index is 0.327. The van der Waals surface area contributed by atoms with Crippen LogP contribution in [0.1, 0.15) is 10.5 Å². The van der Waals surface area contributed by atoms with E-state index in [0.29, 0.717) is 5.69 Å². The van der Waals surface area contributed by atoms with Gasteiger partial charge in [-0.05, 0) is 12.1 Å². The van der Waals surface area contributed by atoms with Crippen molar-refractivity contribution < 1.29 is 4.79 Å². The van der Waals surface area contributed by atoms with Gasteiger partial charge < -0.3 is 0 Å². The number of benzene rings is 1. The van der Waals surface area contributed by atoms with E-state index >= 15 is 0 Å². The number of nitrogens with one attached hydrogen (secondary N) is 1. The highest BCUT2D eigenvalue weighted by Gasteiger charge is 2.11. The largest absolute Gasteiger partial charge is 0.295 e. The Kier molecular flexibility index (Phi) is 2.65. The predicted octanol–water partition coefficient (Wildman–Crippen LogP) is 1.08. The highest BCUT2D eigenvalue weighted by Crippen LogP contribution is 2.10. The fraction of sp³-hybridized carbons (Fsp3) is 0. The number of aromatic nitrogens is 2. The zero-order valence-electron chi connectivity index (χ0n) is 8.29. The molecule has 0 aliphatic rings. The van der Waals surface area contributed by atoms with Gasteiger partial charge in [0.05, 0.1) is 12.5 Å². The monoisotopic (exact) mass is 212 g/mol. The smallest absolute Gasteiger partial charge is 0.282 e. The van der Waals surface area contributed by atoms with Crippen LogP contribution in [0, 0.1) is 11.5 Å². The van der Waals surface area contributed by atoms with Crippen molar-refractivity contribution in [1.29, 1.82) is 5.26 Å². The summed E-state index contributed by atoms with van der Waals surface area (Å²) in [7, 11) is 0. The second-order valence-electron chi connectivity index (χ2n) is 3.05. The Balaban J connectivity index is 2.41. The number of carbonyl (C=O) groups excluding carboxylic acids is 1. The molecule has 1 heterocycles. The molecule has 0 fully saturated rings. The molecule has 0 saturated heterocycles. The van der Waals surface area contributed by atoms with E-state index in [9.17, 15) is 4.79 Å². The van der Waals surface area contributed by atoms with E-state index in [4.69, 9.17) is 5.26 Å². The number of rotatable bonds is 2. The van der Waals surface area contributed by atoms with Gasteiger partial charge in [-0.3, -0.25) is 14.7 Å². The lowest BCUT2D eigenvalue weighted by Gasteiger charge is -2.05. The molecule has 0 unspecified atom stereocenters. The molecule has 0 aliphatic carbocycles. The first-order valence-corrected chi connectivity index (χ1v) is 4.60. The molecule has 1 amide bonds. The lowest BCUT2D eigenvalue weighted by atomic mass is 10.3. The molecule has 78 valence electrons. The Bertz CT molecular complexity index is 539. The van der Waals surface area contributed by atoms with Gasteiger partial charge in [-0.25, -0.2) is 4.98 Å².